The van der Waals surface area contributed by atoms with Crippen molar-refractivity contribution < 1.29 is 4.92 Å². The van der Waals surface area contributed by atoms with E-state index in [2.05, 4.69) is 17.3 Å². The Morgan fingerprint density at radius 3 is 2.47 bits per heavy atom. The van der Waals surface area contributed by atoms with Crippen LogP contribution in [0.1, 0.15) is 58.1 Å². The molecule has 1 aromatic heterocycles. The van der Waals surface area contributed by atoms with Gasteiger partial charge in [-0.25, -0.2) is 4.68 Å². The first-order valence-electron chi connectivity index (χ1n) is 6.83. The lowest BCUT2D eigenvalue weighted by atomic mass is 10.0. The molecule has 0 aliphatic heterocycles. The van der Waals surface area contributed by atoms with Crippen LogP contribution in [0, 0.1) is 10.1 Å². The number of hydrogen-bond donors (Lipinski definition) is 1. The summed E-state index contributed by atoms with van der Waals surface area (Å²) in [5, 5.41) is 19.0. The fraction of sp³-hybridized carbons (Fsp3) is 0.769. The summed E-state index contributed by atoms with van der Waals surface area (Å²) in [5.41, 5.74) is 0.634. The van der Waals surface area contributed by atoms with Crippen molar-refractivity contribution in [2.24, 2.45) is 7.05 Å². The summed E-state index contributed by atoms with van der Waals surface area (Å²) in [7, 11) is 1.76. The Bertz CT molecular complexity index is 487. The highest BCUT2D eigenvalue weighted by atomic mass is 16.6. The first-order chi connectivity index (χ1) is 8.84. The molecule has 0 radical (unpaired) electrons. The molecule has 0 atom stereocenters. The molecule has 0 aromatic carbocycles. The van der Waals surface area contributed by atoms with Crippen LogP contribution in [0.15, 0.2) is 0 Å². The molecule has 6 nitrogen and oxygen atoms in total. The Kier molecular flexibility index (Phi) is 3.52. The second kappa shape index (κ2) is 4.83. The van der Waals surface area contributed by atoms with Crippen molar-refractivity contribution in [3.05, 3.63) is 15.8 Å². The van der Waals surface area contributed by atoms with Gasteiger partial charge in [-0.2, -0.15) is 5.10 Å². The number of nitrogens with one attached hydrogen (secondary N) is 1. The second-order valence-electron chi connectivity index (χ2n) is 6.01. The summed E-state index contributed by atoms with van der Waals surface area (Å²) in [5.74, 6) is 0.580. The normalized spacial score (nSPS) is 17.9. The zero-order valence-corrected chi connectivity index (χ0v) is 12.1. The average Bonchev–Trinajstić information content (AvgIpc) is 2.85. The molecule has 6 heteroatoms. The van der Waals surface area contributed by atoms with Gasteiger partial charge in [-0.3, -0.25) is 10.1 Å². The minimum Gasteiger partial charge on any atom is -0.359 e. The van der Waals surface area contributed by atoms with Crippen molar-refractivity contribution in [2.75, 3.05) is 5.32 Å². The molecule has 0 saturated heterocycles. The number of aromatic nitrogens is 2. The number of aryl methyl sites for hydroxylation is 1. The highest BCUT2D eigenvalue weighted by Gasteiger charge is 2.35. The number of nitrogens with zero attached hydrogens (tertiary/aromatic N) is 3. The van der Waals surface area contributed by atoms with Crippen molar-refractivity contribution in [3.8, 4) is 0 Å². The molecule has 0 amide bonds. The van der Waals surface area contributed by atoms with E-state index in [4.69, 9.17) is 0 Å². The lowest BCUT2D eigenvalue weighted by Crippen LogP contribution is -2.32. The Morgan fingerprint density at radius 1 is 1.42 bits per heavy atom. The predicted molar refractivity (Wildman–Crippen MR) is 74.4 cm³/mol. The molecular formula is C13H22N4O2. The number of rotatable bonds is 4. The fourth-order valence-electron chi connectivity index (χ4n) is 2.81. The van der Waals surface area contributed by atoms with Gasteiger partial charge >= 0.3 is 5.69 Å². The summed E-state index contributed by atoms with van der Waals surface area (Å²) >= 11 is 0. The van der Waals surface area contributed by atoms with E-state index in [-0.39, 0.29) is 22.1 Å². The Morgan fingerprint density at radius 2 is 2.00 bits per heavy atom. The van der Waals surface area contributed by atoms with E-state index in [0.717, 1.165) is 12.8 Å². The van der Waals surface area contributed by atoms with Gasteiger partial charge in [0.2, 0.25) is 5.82 Å². The number of hydrogen-bond acceptors (Lipinski definition) is 4. The van der Waals surface area contributed by atoms with E-state index in [1.807, 2.05) is 13.8 Å². The monoisotopic (exact) mass is 266 g/mol. The molecule has 1 aliphatic carbocycles. The van der Waals surface area contributed by atoms with Gasteiger partial charge in [-0.1, -0.05) is 26.7 Å². The fourth-order valence-corrected chi connectivity index (χ4v) is 2.81. The molecule has 1 fully saturated rings. The largest absolute Gasteiger partial charge is 0.359 e. The van der Waals surface area contributed by atoms with Crippen LogP contribution < -0.4 is 5.32 Å². The van der Waals surface area contributed by atoms with Gasteiger partial charge in [0.25, 0.3) is 0 Å². The summed E-state index contributed by atoms with van der Waals surface area (Å²) in [6, 6.07) is 0. The molecule has 1 aromatic rings. The smallest absolute Gasteiger partial charge is 0.334 e. The summed E-state index contributed by atoms with van der Waals surface area (Å²) in [4.78, 5) is 11.0. The number of nitro groups is 1. The number of anilines is 1. The van der Waals surface area contributed by atoms with Gasteiger partial charge in [0.05, 0.1) is 4.92 Å². The maximum atomic E-state index is 11.4. The van der Waals surface area contributed by atoms with Gasteiger partial charge in [-0.15, -0.1) is 0 Å². The van der Waals surface area contributed by atoms with Gasteiger partial charge in [0.15, 0.2) is 0 Å². The molecule has 1 aliphatic rings. The first-order valence-corrected chi connectivity index (χ1v) is 6.83. The minimum absolute atomic E-state index is 0.0403. The molecule has 1 N–H and O–H groups in total. The topological polar surface area (TPSA) is 73.0 Å². The lowest BCUT2D eigenvalue weighted by molar-refractivity contribution is -0.384. The quantitative estimate of drug-likeness (QED) is 0.671. The third kappa shape index (κ3) is 2.57. The molecule has 1 heterocycles. The first kappa shape index (κ1) is 13.8. The molecule has 0 unspecified atom stereocenters. The van der Waals surface area contributed by atoms with E-state index in [1.165, 1.54) is 12.8 Å². The van der Waals surface area contributed by atoms with Crippen LogP contribution in [0.5, 0.6) is 0 Å². The second-order valence-corrected chi connectivity index (χ2v) is 6.01. The SMILES string of the molecule is CC(C)c1nn(C)c(NC2(C)CCCC2)c1[N+](=O)[O-]. The van der Waals surface area contributed by atoms with E-state index in [1.54, 1.807) is 11.7 Å². The van der Waals surface area contributed by atoms with Crippen LogP contribution in [-0.4, -0.2) is 20.2 Å². The summed E-state index contributed by atoms with van der Waals surface area (Å²) in [6.45, 7) is 5.98. The highest BCUT2D eigenvalue weighted by molar-refractivity contribution is 5.61. The van der Waals surface area contributed by atoms with Crippen molar-refractivity contribution in [2.45, 2.75) is 57.9 Å². The summed E-state index contributed by atoms with van der Waals surface area (Å²) < 4.78 is 1.61. The van der Waals surface area contributed by atoms with E-state index < -0.39 is 0 Å². The predicted octanol–water partition coefficient (Wildman–Crippen LogP) is 3.20. The maximum absolute atomic E-state index is 11.4. The molecule has 0 spiro atoms. The Hall–Kier alpha value is -1.59. The van der Waals surface area contributed by atoms with Crippen LogP contribution in [0.4, 0.5) is 11.5 Å². The molecular weight excluding hydrogens is 244 g/mol. The van der Waals surface area contributed by atoms with Gasteiger partial charge in [0.1, 0.15) is 5.69 Å². The van der Waals surface area contributed by atoms with Crippen molar-refractivity contribution in [1.29, 1.82) is 0 Å². The minimum atomic E-state index is -0.316. The average molecular weight is 266 g/mol. The van der Waals surface area contributed by atoms with Crippen LogP contribution >= 0.6 is 0 Å². The van der Waals surface area contributed by atoms with E-state index >= 15 is 0 Å². The third-order valence-electron chi connectivity index (χ3n) is 3.90. The van der Waals surface area contributed by atoms with Crippen molar-refractivity contribution in [1.82, 2.24) is 9.78 Å². The van der Waals surface area contributed by atoms with Crippen molar-refractivity contribution in [3.63, 3.8) is 0 Å². The van der Waals surface area contributed by atoms with E-state index in [9.17, 15) is 10.1 Å². The Balaban J connectivity index is 2.41. The summed E-state index contributed by atoms with van der Waals surface area (Å²) in [6.07, 6.45) is 4.44. The molecule has 106 valence electrons. The third-order valence-corrected chi connectivity index (χ3v) is 3.90. The van der Waals surface area contributed by atoms with Crippen LogP contribution in [0.3, 0.4) is 0 Å². The van der Waals surface area contributed by atoms with Crippen molar-refractivity contribution >= 4 is 11.5 Å². The molecule has 1 saturated carbocycles. The maximum Gasteiger partial charge on any atom is 0.334 e. The molecule has 19 heavy (non-hydrogen) atoms. The standard InChI is InChI=1S/C13H22N4O2/c1-9(2)10-11(17(18)19)12(16(4)15-10)14-13(3)7-5-6-8-13/h9,14H,5-8H2,1-4H3. The molecule has 0 bridgehead atoms. The Labute approximate surface area is 113 Å². The lowest BCUT2D eigenvalue weighted by Gasteiger charge is -2.25. The highest BCUT2D eigenvalue weighted by Crippen LogP contribution is 2.38. The van der Waals surface area contributed by atoms with Crippen LogP contribution in [0.2, 0.25) is 0 Å². The zero-order valence-electron chi connectivity index (χ0n) is 12.1. The van der Waals surface area contributed by atoms with Gasteiger partial charge in [-0.05, 0) is 19.8 Å². The zero-order chi connectivity index (χ0) is 14.2. The van der Waals surface area contributed by atoms with E-state index in [0.29, 0.717) is 11.5 Å². The van der Waals surface area contributed by atoms with Crippen LogP contribution in [-0.2, 0) is 7.05 Å². The van der Waals surface area contributed by atoms with Gasteiger partial charge in [0, 0.05) is 18.5 Å². The van der Waals surface area contributed by atoms with Crippen LogP contribution in [0.25, 0.3) is 0 Å². The van der Waals surface area contributed by atoms with Gasteiger partial charge < -0.3 is 5.32 Å². The molecule has 2 rings (SSSR count).